The molecule has 0 amide bonds. The van der Waals surface area contributed by atoms with Gasteiger partial charge in [0.2, 0.25) is 17.7 Å². The van der Waals surface area contributed by atoms with E-state index in [0.717, 1.165) is 11.3 Å². The first-order valence-electron chi connectivity index (χ1n) is 7.54. The van der Waals surface area contributed by atoms with Crippen molar-refractivity contribution in [3.05, 3.63) is 54.4 Å². The summed E-state index contributed by atoms with van der Waals surface area (Å²) < 4.78 is 12.2. The molecule has 24 heavy (non-hydrogen) atoms. The number of benzene rings is 1. The monoisotopic (exact) mass is 325 g/mol. The van der Waals surface area contributed by atoms with Crippen LogP contribution in [0.4, 0.5) is 5.95 Å². The van der Waals surface area contributed by atoms with E-state index in [-0.39, 0.29) is 6.04 Å². The molecular formula is C17H19N5O2. The third-order valence-corrected chi connectivity index (χ3v) is 3.60. The number of para-hydroxylation sites is 1. The summed E-state index contributed by atoms with van der Waals surface area (Å²) >= 11 is 0. The minimum absolute atomic E-state index is 0.0396. The van der Waals surface area contributed by atoms with E-state index in [1.807, 2.05) is 48.1 Å². The Hall–Kier alpha value is -3.09. The lowest BCUT2D eigenvalue weighted by Crippen LogP contribution is -2.13. The van der Waals surface area contributed by atoms with Crippen LogP contribution >= 0.6 is 0 Å². The Kier molecular flexibility index (Phi) is 4.60. The van der Waals surface area contributed by atoms with Crippen LogP contribution in [0.2, 0.25) is 0 Å². The summed E-state index contributed by atoms with van der Waals surface area (Å²) in [6, 6.07) is 11.5. The van der Waals surface area contributed by atoms with Gasteiger partial charge in [-0.3, -0.25) is 0 Å². The third kappa shape index (κ3) is 3.29. The van der Waals surface area contributed by atoms with Gasteiger partial charge in [-0.15, -0.1) is 0 Å². The second-order valence-corrected chi connectivity index (χ2v) is 5.15. The fourth-order valence-corrected chi connectivity index (χ4v) is 2.42. The Balaban J connectivity index is 1.90. The Morgan fingerprint density at radius 2 is 1.75 bits per heavy atom. The molecule has 1 atom stereocenters. The summed E-state index contributed by atoms with van der Waals surface area (Å²) in [6.45, 7) is 2.04. The van der Waals surface area contributed by atoms with Crippen molar-refractivity contribution >= 4 is 5.95 Å². The van der Waals surface area contributed by atoms with Crippen molar-refractivity contribution in [2.75, 3.05) is 19.5 Å². The van der Waals surface area contributed by atoms with Gasteiger partial charge in [0.05, 0.1) is 32.0 Å². The highest BCUT2D eigenvalue weighted by molar-refractivity contribution is 5.46. The van der Waals surface area contributed by atoms with Crippen LogP contribution in [0.15, 0.2) is 48.8 Å². The molecule has 0 fully saturated rings. The van der Waals surface area contributed by atoms with E-state index in [2.05, 4.69) is 20.4 Å². The zero-order valence-electron chi connectivity index (χ0n) is 13.8. The molecule has 7 heteroatoms. The normalized spacial score (nSPS) is 11.8. The van der Waals surface area contributed by atoms with Crippen molar-refractivity contribution in [2.24, 2.45) is 0 Å². The lowest BCUT2D eigenvalue weighted by atomic mass is 10.1. The molecule has 0 saturated heterocycles. The van der Waals surface area contributed by atoms with Crippen molar-refractivity contribution in [3.63, 3.8) is 0 Å². The molecule has 0 bridgehead atoms. The Bertz CT molecular complexity index is 782. The Labute approximate surface area is 140 Å². The third-order valence-electron chi connectivity index (χ3n) is 3.60. The molecule has 0 aliphatic heterocycles. The largest absolute Gasteiger partial charge is 0.481 e. The van der Waals surface area contributed by atoms with Crippen molar-refractivity contribution in [3.8, 4) is 17.4 Å². The summed E-state index contributed by atoms with van der Waals surface area (Å²) in [5, 5.41) is 7.60. The van der Waals surface area contributed by atoms with E-state index in [0.29, 0.717) is 17.7 Å². The molecule has 0 aliphatic rings. The number of nitrogens with zero attached hydrogens (tertiary/aromatic N) is 4. The van der Waals surface area contributed by atoms with Gasteiger partial charge in [-0.25, -0.2) is 4.68 Å². The molecular weight excluding hydrogens is 306 g/mol. The SMILES string of the molecule is COc1cc(OC)nc(NC(C)c2ccccc2-n2cccn2)n1. The zero-order chi connectivity index (χ0) is 16.9. The second-order valence-electron chi connectivity index (χ2n) is 5.15. The highest BCUT2D eigenvalue weighted by Gasteiger charge is 2.14. The molecule has 1 N–H and O–H groups in total. The molecule has 3 aromatic rings. The number of aromatic nitrogens is 4. The number of hydrogen-bond donors (Lipinski definition) is 1. The van der Waals surface area contributed by atoms with Crippen molar-refractivity contribution < 1.29 is 9.47 Å². The first kappa shape index (κ1) is 15.8. The predicted octanol–water partition coefficient (Wildman–Crippen LogP) is 2.85. The lowest BCUT2D eigenvalue weighted by molar-refractivity contribution is 0.372. The van der Waals surface area contributed by atoms with Gasteiger partial charge in [-0.2, -0.15) is 15.1 Å². The van der Waals surface area contributed by atoms with Gasteiger partial charge in [-0.05, 0) is 24.6 Å². The molecule has 0 aliphatic carbocycles. The van der Waals surface area contributed by atoms with Gasteiger partial charge >= 0.3 is 0 Å². The summed E-state index contributed by atoms with van der Waals surface area (Å²) in [4.78, 5) is 8.62. The van der Waals surface area contributed by atoms with Gasteiger partial charge in [0, 0.05) is 12.4 Å². The van der Waals surface area contributed by atoms with Gasteiger partial charge < -0.3 is 14.8 Å². The van der Waals surface area contributed by atoms with Crippen LogP contribution in [0, 0.1) is 0 Å². The topological polar surface area (TPSA) is 74.1 Å². The molecule has 0 saturated carbocycles. The highest BCUT2D eigenvalue weighted by atomic mass is 16.5. The zero-order valence-corrected chi connectivity index (χ0v) is 13.8. The summed E-state index contributed by atoms with van der Waals surface area (Å²) in [5.41, 5.74) is 2.07. The van der Waals surface area contributed by atoms with Crippen LogP contribution in [-0.4, -0.2) is 34.0 Å². The van der Waals surface area contributed by atoms with Gasteiger partial charge in [0.1, 0.15) is 0 Å². The van der Waals surface area contributed by atoms with Crippen molar-refractivity contribution in [2.45, 2.75) is 13.0 Å². The first-order valence-corrected chi connectivity index (χ1v) is 7.54. The minimum atomic E-state index is -0.0396. The number of rotatable bonds is 6. The maximum Gasteiger partial charge on any atom is 0.229 e. The van der Waals surface area contributed by atoms with E-state index in [1.54, 1.807) is 26.5 Å². The summed E-state index contributed by atoms with van der Waals surface area (Å²) in [5.74, 6) is 1.32. The van der Waals surface area contributed by atoms with Crippen LogP contribution < -0.4 is 14.8 Å². The maximum atomic E-state index is 5.18. The first-order chi connectivity index (χ1) is 11.7. The summed E-state index contributed by atoms with van der Waals surface area (Å²) in [7, 11) is 3.12. The standard InChI is InChI=1S/C17H19N5O2/c1-12(19-17-20-15(23-2)11-16(21-17)24-3)13-7-4-5-8-14(13)22-10-6-9-18-22/h4-12H,1-3H3,(H,19,20,21). The number of nitrogens with one attached hydrogen (secondary N) is 1. The summed E-state index contributed by atoms with van der Waals surface area (Å²) in [6.07, 6.45) is 3.67. The van der Waals surface area contributed by atoms with Gasteiger partial charge in [0.25, 0.3) is 0 Å². The highest BCUT2D eigenvalue weighted by Crippen LogP contribution is 2.25. The molecule has 124 valence electrons. The smallest absolute Gasteiger partial charge is 0.229 e. The molecule has 0 spiro atoms. The Morgan fingerprint density at radius 1 is 1.04 bits per heavy atom. The fourth-order valence-electron chi connectivity index (χ4n) is 2.42. The van der Waals surface area contributed by atoms with Crippen LogP contribution in [0.25, 0.3) is 5.69 Å². The number of anilines is 1. The minimum Gasteiger partial charge on any atom is -0.481 e. The van der Waals surface area contributed by atoms with E-state index in [1.165, 1.54) is 0 Å². The molecule has 3 rings (SSSR count). The van der Waals surface area contributed by atoms with Gasteiger partial charge in [0.15, 0.2) is 0 Å². The second kappa shape index (κ2) is 6.99. The number of hydrogen-bond acceptors (Lipinski definition) is 6. The maximum absolute atomic E-state index is 5.18. The number of ether oxygens (including phenoxy) is 2. The van der Waals surface area contributed by atoms with Gasteiger partial charge in [-0.1, -0.05) is 18.2 Å². The molecule has 0 radical (unpaired) electrons. The van der Waals surface area contributed by atoms with Crippen LogP contribution in [-0.2, 0) is 0 Å². The lowest BCUT2D eigenvalue weighted by Gasteiger charge is -2.18. The van der Waals surface area contributed by atoms with Crippen molar-refractivity contribution in [1.29, 1.82) is 0 Å². The quantitative estimate of drug-likeness (QED) is 0.751. The van der Waals surface area contributed by atoms with Crippen LogP contribution in [0.1, 0.15) is 18.5 Å². The molecule has 2 aromatic heterocycles. The van der Waals surface area contributed by atoms with E-state index >= 15 is 0 Å². The molecule has 7 nitrogen and oxygen atoms in total. The predicted molar refractivity (Wildman–Crippen MR) is 90.7 cm³/mol. The average molecular weight is 325 g/mol. The van der Waals surface area contributed by atoms with Crippen LogP contribution in [0.5, 0.6) is 11.8 Å². The van der Waals surface area contributed by atoms with Crippen LogP contribution in [0.3, 0.4) is 0 Å². The molecule has 1 unspecified atom stereocenters. The van der Waals surface area contributed by atoms with Crippen molar-refractivity contribution in [1.82, 2.24) is 19.7 Å². The van der Waals surface area contributed by atoms with E-state index in [9.17, 15) is 0 Å². The van der Waals surface area contributed by atoms with E-state index < -0.39 is 0 Å². The van der Waals surface area contributed by atoms with E-state index in [4.69, 9.17) is 9.47 Å². The fraction of sp³-hybridized carbons (Fsp3) is 0.235. The molecule has 1 aromatic carbocycles. The molecule has 2 heterocycles. The Morgan fingerprint density at radius 3 is 2.38 bits per heavy atom. The average Bonchev–Trinajstić information content (AvgIpc) is 3.15. The number of methoxy groups -OCH3 is 2.